The number of benzene rings is 1. The van der Waals surface area contributed by atoms with Gasteiger partial charge in [0.25, 0.3) is 0 Å². The molecule has 0 aromatic heterocycles. The summed E-state index contributed by atoms with van der Waals surface area (Å²) in [6.07, 6.45) is 0. The molecule has 0 unspecified atom stereocenters. The minimum atomic E-state index is 1.08. The molecular weight excluding hydrogens is 153 g/mol. The van der Waals surface area contributed by atoms with Gasteiger partial charge in [-0.25, -0.2) is 0 Å². The van der Waals surface area contributed by atoms with Crippen LogP contribution in [-0.4, -0.2) is 35.7 Å². The molecule has 0 heterocycles. The van der Waals surface area contributed by atoms with Crippen LogP contribution in [0.3, 0.4) is 0 Å². The quantitative estimate of drug-likeness (QED) is 0.614. The van der Waals surface area contributed by atoms with Crippen molar-refractivity contribution in [1.29, 1.82) is 0 Å². The predicted octanol–water partition coefficient (Wildman–Crippen LogP) is 1.32. The first-order valence-electron chi connectivity index (χ1n) is 5.04. The fourth-order valence-electron chi connectivity index (χ4n) is 1.48. The number of hydrogen-bond acceptors (Lipinski definition) is 1. The van der Waals surface area contributed by atoms with Gasteiger partial charge in [0.2, 0.25) is 0 Å². The van der Waals surface area contributed by atoms with E-state index in [1.807, 2.05) is 0 Å². The Balaban J connectivity index is 2.67. The molecule has 1 aromatic carbocycles. The summed E-state index contributed by atoms with van der Waals surface area (Å²) in [5.74, 6) is 0. The average Bonchev–Trinajstić information content (AvgIpc) is 2.17. The summed E-state index contributed by atoms with van der Waals surface area (Å²) in [6.45, 7) is 7.76. The number of rotatable bonds is 4. The monoisotopic (exact) mass is 169 g/mol. The third kappa shape index (κ3) is 3.19. The summed E-state index contributed by atoms with van der Waals surface area (Å²) in [6, 6.07) is 8.61. The zero-order valence-electron chi connectivity index (χ0n) is 8.88. The molecule has 1 aromatic rings. The van der Waals surface area contributed by atoms with Crippen molar-refractivity contribution in [3.05, 3.63) is 29.8 Å². The fourth-order valence-corrected chi connectivity index (χ4v) is 1.48. The van der Waals surface area contributed by atoms with Gasteiger partial charge in [-0.05, 0) is 0 Å². The Labute approximate surface area is 90.3 Å². The maximum atomic E-state index is 2.43. The Morgan fingerprint density at radius 3 is 2.31 bits per heavy atom. The molecule has 0 aliphatic rings. The molecule has 0 saturated carbocycles. The van der Waals surface area contributed by atoms with Crippen molar-refractivity contribution >= 4 is 22.0 Å². The molecule has 0 atom stereocenters. The van der Waals surface area contributed by atoms with E-state index in [0.29, 0.717) is 0 Å². The van der Waals surface area contributed by atoms with Crippen LogP contribution in [0.25, 0.3) is 0 Å². The van der Waals surface area contributed by atoms with Crippen LogP contribution in [-0.2, 0) is 6.54 Å². The summed E-state index contributed by atoms with van der Waals surface area (Å²) in [5, 5.41) is 0. The molecule has 2 heteroatoms. The molecule has 0 radical (unpaired) electrons. The Morgan fingerprint density at radius 1 is 1.15 bits per heavy atom. The van der Waals surface area contributed by atoms with E-state index < -0.39 is 0 Å². The van der Waals surface area contributed by atoms with E-state index in [4.69, 9.17) is 0 Å². The van der Waals surface area contributed by atoms with Crippen molar-refractivity contribution in [2.24, 2.45) is 0 Å². The van der Waals surface area contributed by atoms with E-state index >= 15 is 0 Å². The molecule has 0 bridgehead atoms. The van der Waals surface area contributed by atoms with Crippen molar-refractivity contribution < 1.29 is 0 Å². The second kappa shape index (κ2) is 5.50. The van der Waals surface area contributed by atoms with Crippen molar-refractivity contribution in [3.8, 4) is 0 Å². The summed E-state index contributed by atoms with van der Waals surface area (Å²) in [4.78, 5) is 2.43. The molecule has 0 N–H and O–H groups in total. The van der Waals surface area contributed by atoms with E-state index in [1.165, 1.54) is 9.80 Å². The van der Waals surface area contributed by atoms with E-state index in [0.717, 1.165) is 19.6 Å². The zero-order chi connectivity index (χ0) is 9.68. The van der Waals surface area contributed by atoms with E-state index in [1.54, 1.807) is 0 Å². The molecule has 66 valence electrons. The van der Waals surface area contributed by atoms with Gasteiger partial charge in [0, 0.05) is 0 Å². The topological polar surface area (TPSA) is 3.24 Å². The predicted molar refractivity (Wildman–Crippen MR) is 58.5 cm³/mol. The van der Waals surface area contributed by atoms with Crippen LogP contribution < -0.4 is 4.24 Å². The van der Waals surface area contributed by atoms with Crippen LogP contribution in [0.15, 0.2) is 24.3 Å². The number of nitrogens with zero attached hydrogens (tertiary/aromatic N) is 1. The molecular formula is C11H16LiN. The van der Waals surface area contributed by atoms with Gasteiger partial charge in [-0.3, -0.25) is 0 Å². The van der Waals surface area contributed by atoms with Gasteiger partial charge in [-0.1, -0.05) is 0 Å². The first-order valence-corrected chi connectivity index (χ1v) is 5.04. The Hall–Kier alpha value is -0.223. The summed E-state index contributed by atoms with van der Waals surface area (Å²) in [7, 11) is 0. The van der Waals surface area contributed by atoms with E-state index in [-0.39, 0.29) is 0 Å². The second-order valence-corrected chi connectivity index (χ2v) is 3.39. The molecule has 1 nitrogen and oxygen atoms in total. The third-order valence-corrected chi connectivity index (χ3v) is 2.55. The fraction of sp³-hybridized carbons (Fsp3) is 0.455. The summed E-state index contributed by atoms with van der Waals surface area (Å²) >= 11 is 2.18. The van der Waals surface area contributed by atoms with Gasteiger partial charge in [-0.2, -0.15) is 0 Å². The van der Waals surface area contributed by atoms with Crippen molar-refractivity contribution in [1.82, 2.24) is 4.90 Å². The van der Waals surface area contributed by atoms with Crippen LogP contribution in [0.2, 0.25) is 0 Å². The molecule has 0 spiro atoms. The van der Waals surface area contributed by atoms with Gasteiger partial charge >= 0.3 is 90.2 Å². The molecule has 0 saturated heterocycles. The maximum absolute atomic E-state index is 2.43. The average molecular weight is 169 g/mol. The Morgan fingerprint density at radius 2 is 1.77 bits per heavy atom. The SMILES string of the molecule is [Li][c]1ccccc1CN(CC)CC. The first-order chi connectivity index (χ1) is 6.27. The molecule has 13 heavy (non-hydrogen) atoms. The van der Waals surface area contributed by atoms with Crippen LogP contribution in [0.5, 0.6) is 0 Å². The summed E-state index contributed by atoms with van der Waals surface area (Å²) < 4.78 is 1.40. The molecule has 0 amide bonds. The zero-order valence-corrected chi connectivity index (χ0v) is 8.88. The van der Waals surface area contributed by atoms with E-state index in [9.17, 15) is 0 Å². The minimum absolute atomic E-state index is 1.08. The van der Waals surface area contributed by atoms with Crippen LogP contribution in [0.1, 0.15) is 19.4 Å². The molecule has 0 aliphatic carbocycles. The molecule has 0 aliphatic heterocycles. The number of hydrogen-bond donors (Lipinski definition) is 0. The van der Waals surface area contributed by atoms with Gasteiger partial charge < -0.3 is 0 Å². The van der Waals surface area contributed by atoms with Crippen molar-refractivity contribution in [2.75, 3.05) is 13.1 Å². The van der Waals surface area contributed by atoms with Gasteiger partial charge in [0.05, 0.1) is 0 Å². The van der Waals surface area contributed by atoms with Crippen LogP contribution in [0.4, 0.5) is 0 Å². The van der Waals surface area contributed by atoms with Crippen LogP contribution in [0, 0.1) is 0 Å². The van der Waals surface area contributed by atoms with Gasteiger partial charge in [-0.15, -0.1) is 0 Å². The first kappa shape index (κ1) is 10.9. The van der Waals surface area contributed by atoms with Crippen molar-refractivity contribution in [2.45, 2.75) is 20.4 Å². The summed E-state index contributed by atoms with van der Waals surface area (Å²) in [5.41, 5.74) is 1.45. The normalized spacial score (nSPS) is 10.8. The standard InChI is InChI=1S/C11H16N.Li/c1-3-12(4-2)10-11-8-6-5-7-9-11;/h5-8H,3-4,10H2,1-2H3;. The van der Waals surface area contributed by atoms with Crippen molar-refractivity contribution in [3.63, 3.8) is 0 Å². The van der Waals surface area contributed by atoms with Crippen LogP contribution >= 0.6 is 0 Å². The van der Waals surface area contributed by atoms with Gasteiger partial charge in [0.15, 0.2) is 0 Å². The van der Waals surface area contributed by atoms with E-state index in [2.05, 4.69) is 60.7 Å². The molecule has 0 fully saturated rings. The molecule has 1 rings (SSSR count). The Kier molecular flexibility index (Phi) is 4.59. The second-order valence-electron chi connectivity index (χ2n) is 3.39. The van der Waals surface area contributed by atoms with Gasteiger partial charge in [0.1, 0.15) is 0 Å². The Bertz CT molecular complexity index is 256. The third-order valence-electron chi connectivity index (χ3n) is 2.55.